The molecule has 0 aromatic carbocycles. The van der Waals surface area contributed by atoms with Gasteiger partial charge in [0.15, 0.2) is 5.69 Å². The van der Waals surface area contributed by atoms with Crippen molar-refractivity contribution < 1.29 is 13.9 Å². The first kappa shape index (κ1) is 10.9. The van der Waals surface area contributed by atoms with Crippen molar-refractivity contribution in [3.05, 3.63) is 28.8 Å². The van der Waals surface area contributed by atoms with Crippen LogP contribution in [0.3, 0.4) is 0 Å². The molecule has 0 spiro atoms. The zero-order chi connectivity index (χ0) is 10.7. The highest BCUT2D eigenvalue weighted by Gasteiger charge is 2.15. The molecule has 0 radical (unpaired) electrons. The number of halogens is 2. The highest BCUT2D eigenvalue weighted by atomic mass is 35.5. The van der Waals surface area contributed by atoms with Crippen molar-refractivity contribution in [2.75, 3.05) is 0 Å². The van der Waals surface area contributed by atoms with Crippen molar-refractivity contribution in [3.8, 4) is 0 Å². The van der Waals surface area contributed by atoms with Gasteiger partial charge >= 0.3 is 5.97 Å². The van der Waals surface area contributed by atoms with Crippen molar-refractivity contribution in [2.24, 2.45) is 0 Å². The van der Waals surface area contributed by atoms with Gasteiger partial charge in [-0.3, -0.25) is 0 Å². The Balaban J connectivity index is 2.90. The Morgan fingerprint density at radius 1 is 1.64 bits per heavy atom. The zero-order valence-electron chi connectivity index (χ0n) is 7.75. The molecule has 0 aliphatic heterocycles. The molecular formula is C9H9ClFNO2. The standard InChI is InChI=1S/C9H9ClFNO2/c1-5(2)14-9(13)8-7(10)3-6(11)4-12-8/h3-5H,1-2H3. The number of hydrogen-bond acceptors (Lipinski definition) is 3. The summed E-state index contributed by atoms with van der Waals surface area (Å²) in [5, 5.41) is -0.0457. The lowest BCUT2D eigenvalue weighted by molar-refractivity contribution is 0.0371. The van der Waals surface area contributed by atoms with Gasteiger partial charge in [-0.1, -0.05) is 11.6 Å². The Morgan fingerprint density at radius 3 is 2.79 bits per heavy atom. The average molecular weight is 218 g/mol. The number of carbonyl (C=O) groups excluding carboxylic acids is 1. The van der Waals surface area contributed by atoms with Crippen LogP contribution < -0.4 is 0 Å². The summed E-state index contributed by atoms with van der Waals surface area (Å²) in [5.41, 5.74) is -0.0678. The van der Waals surface area contributed by atoms with E-state index in [1.165, 1.54) is 0 Å². The van der Waals surface area contributed by atoms with Crippen LogP contribution in [-0.2, 0) is 4.74 Å². The molecule has 76 valence electrons. The third-order valence-electron chi connectivity index (χ3n) is 1.34. The summed E-state index contributed by atoms with van der Waals surface area (Å²) in [4.78, 5) is 14.8. The lowest BCUT2D eigenvalue weighted by Crippen LogP contribution is -2.13. The van der Waals surface area contributed by atoms with Gasteiger partial charge in [0.25, 0.3) is 0 Å². The van der Waals surface area contributed by atoms with Crippen molar-refractivity contribution in [1.29, 1.82) is 0 Å². The second-order valence-corrected chi connectivity index (χ2v) is 3.35. The minimum atomic E-state index is -0.648. The summed E-state index contributed by atoms with van der Waals surface area (Å²) in [7, 11) is 0. The number of carbonyl (C=O) groups is 1. The van der Waals surface area contributed by atoms with E-state index < -0.39 is 11.8 Å². The minimum absolute atomic E-state index is 0.0457. The Hall–Kier alpha value is -1.16. The van der Waals surface area contributed by atoms with Gasteiger partial charge in [-0.15, -0.1) is 0 Å². The maximum absolute atomic E-state index is 12.6. The molecule has 0 aliphatic rings. The first-order chi connectivity index (χ1) is 6.50. The molecule has 5 heteroatoms. The number of pyridine rings is 1. The van der Waals surface area contributed by atoms with E-state index in [1.807, 2.05) is 0 Å². The monoisotopic (exact) mass is 217 g/mol. The molecule has 1 heterocycles. The first-order valence-corrected chi connectivity index (χ1v) is 4.40. The topological polar surface area (TPSA) is 39.2 Å². The molecule has 0 unspecified atom stereocenters. The van der Waals surface area contributed by atoms with Crippen molar-refractivity contribution in [2.45, 2.75) is 20.0 Å². The van der Waals surface area contributed by atoms with E-state index in [9.17, 15) is 9.18 Å². The van der Waals surface area contributed by atoms with Crippen molar-refractivity contribution >= 4 is 17.6 Å². The third kappa shape index (κ3) is 2.67. The molecular weight excluding hydrogens is 209 g/mol. The van der Waals surface area contributed by atoms with Crippen LogP contribution in [-0.4, -0.2) is 17.1 Å². The molecule has 0 saturated heterocycles. The number of hydrogen-bond donors (Lipinski definition) is 0. The summed E-state index contributed by atoms with van der Waals surface area (Å²) in [6.07, 6.45) is 0.661. The number of rotatable bonds is 2. The summed E-state index contributed by atoms with van der Waals surface area (Å²) in [5.74, 6) is -1.24. The third-order valence-corrected chi connectivity index (χ3v) is 1.63. The maximum atomic E-state index is 12.6. The predicted octanol–water partition coefficient (Wildman–Crippen LogP) is 2.44. The summed E-state index contributed by atoms with van der Waals surface area (Å²) < 4.78 is 17.4. The normalized spacial score (nSPS) is 10.4. The lowest BCUT2D eigenvalue weighted by Gasteiger charge is -2.07. The Kier molecular flexibility index (Phi) is 3.41. The molecule has 0 atom stereocenters. The fourth-order valence-electron chi connectivity index (χ4n) is 0.835. The first-order valence-electron chi connectivity index (χ1n) is 4.02. The van der Waals surface area contributed by atoms with E-state index in [0.29, 0.717) is 0 Å². The SMILES string of the molecule is CC(C)OC(=O)c1ncc(F)cc1Cl. The fraction of sp³-hybridized carbons (Fsp3) is 0.333. The molecule has 0 N–H and O–H groups in total. The van der Waals surface area contributed by atoms with Gasteiger partial charge in [-0.05, 0) is 19.9 Å². The zero-order valence-corrected chi connectivity index (χ0v) is 8.51. The van der Waals surface area contributed by atoms with Crippen LogP contribution in [0.4, 0.5) is 4.39 Å². The molecule has 0 aliphatic carbocycles. The van der Waals surface area contributed by atoms with Gasteiger partial charge < -0.3 is 4.74 Å². The smallest absolute Gasteiger partial charge is 0.358 e. The van der Waals surface area contributed by atoms with Gasteiger partial charge in [0.2, 0.25) is 0 Å². The van der Waals surface area contributed by atoms with Gasteiger partial charge in [0.1, 0.15) is 5.82 Å². The van der Waals surface area contributed by atoms with Crippen LogP contribution in [0.1, 0.15) is 24.3 Å². The summed E-state index contributed by atoms with van der Waals surface area (Å²) >= 11 is 5.60. The molecule has 0 amide bonds. The van der Waals surface area contributed by atoms with E-state index in [1.54, 1.807) is 13.8 Å². The van der Waals surface area contributed by atoms with E-state index in [-0.39, 0.29) is 16.8 Å². The Morgan fingerprint density at radius 2 is 2.29 bits per heavy atom. The molecule has 14 heavy (non-hydrogen) atoms. The second-order valence-electron chi connectivity index (χ2n) is 2.94. The highest BCUT2D eigenvalue weighted by molar-refractivity contribution is 6.33. The predicted molar refractivity (Wildman–Crippen MR) is 49.8 cm³/mol. The van der Waals surface area contributed by atoms with Crippen LogP contribution >= 0.6 is 11.6 Å². The van der Waals surface area contributed by atoms with Gasteiger partial charge in [0, 0.05) is 0 Å². The number of esters is 1. The molecule has 0 saturated carbocycles. The van der Waals surface area contributed by atoms with Crippen LogP contribution in [0.15, 0.2) is 12.3 Å². The van der Waals surface area contributed by atoms with E-state index in [0.717, 1.165) is 12.3 Å². The van der Waals surface area contributed by atoms with Gasteiger partial charge in [0.05, 0.1) is 17.3 Å². The van der Waals surface area contributed by atoms with E-state index in [4.69, 9.17) is 16.3 Å². The second kappa shape index (κ2) is 4.37. The Bertz CT molecular complexity index is 355. The maximum Gasteiger partial charge on any atom is 0.358 e. The lowest BCUT2D eigenvalue weighted by atomic mass is 10.3. The molecule has 0 fully saturated rings. The molecule has 1 rings (SSSR count). The fourth-order valence-corrected chi connectivity index (χ4v) is 1.06. The van der Waals surface area contributed by atoms with Crippen LogP contribution in [0.5, 0.6) is 0 Å². The van der Waals surface area contributed by atoms with Crippen LogP contribution in [0, 0.1) is 5.82 Å². The van der Waals surface area contributed by atoms with Crippen LogP contribution in [0.25, 0.3) is 0 Å². The Labute approximate surface area is 85.9 Å². The molecule has 1 aromatic heterocycles. The average Bonchev–Trinajstić information content (AvgIpc) is 2.01. The van der Waals surface area contributed by atoms with E-state index in [2.05, 4.69) is 4.98 Å². The number of ether oxygens (including phenoxy) is 1. The molecule has 0 bridgehead atoms. The molecule has 1 aromatic rings. The van der Waals surface area contributed by atoms with Crippen LogP contribution in [0.2, 0.25) is 5.02 Å². The quantitative estimate of drug-likeness (QED) is 0.715. The number of aromatic nitrogens is 1. The largest absolute Gasteiger partial charge is 0.458 e. The summed E-state index contributed by atoms with van der Waals surface area (Å²) in [6, 6.07) is 1.02. The molecule has 3 nitrogen and oxygen atoms in total. The van der Waals surface area contributed by atoms with Crippen molar-refractivity contribution in [1.82, 2.24) is 4.98 Å². The highest BCUT2D eigenvalue weighted by Crippen LogP contribution is 2.15. The van der Waals surface area contributed by atoms with Gasteiger partial charge in [-0.25, -0.2) is 14.2 Å². The van der Waals surface area contributed by atoms with E-state index >= 15 is 0 Å². The summed E-state index contributed by atoms with van der Waals surface area (Å²) in [6.45, 7) is 3.41. The minimum Gasteiger partial charge on any atom is -0.458 e. The van der Waals surface area contributed by atoms with Gasteiger partial charge in [-0.2, -0.15) is 0 Å². The number of nitrogens with zero attached hydrogens (tertiary/aromatic N) is 1. The van der Waals surface area contributed by atoms with Crippen molar-refractivity contribution in [3.63, 3.8) is 0 Å².